The van der Waals surface area contributed by atoms with Crippen molar-refractivity contribution < 1.29 is 4.39 Å². The summed E-state index contributed by atoms with van der Waals surface area (Å²) in [5.74, 6) is 1.09. The van der Waals surface area contributed by atoms with Crippen molar-refractivity contribution in [3.05, 3.63) is 12.0 Å². The Balaban J connectivity index is 2.18. The Bertz CT molecular complexity index is 368. The predicted molar refractivity (Wildman–Crippen MR) is 77.9 cm³/mol. The van der Waals surface area contributed by atoms with E-state index >= 15 is 0 Å². The molecular formula is C14H25FN4. The van der Waals surface area contributed by atoms with Crippen molar-refractivity contribution in [2.75, 3.05) is 24.2 Å². The number of rotatable bonds is 9. The molecule has 0 amide bonds. The lowest BCUT2D eigenvalue weighted by molar-refractivity contribution is 0.522. The van der Waals surface area contributed by atoms with E-state index in [-0.39, 0.29) is 5.82 Å². The van der Waals surface area contributed by atoms with Crippen molar-refractivity contribution in [1.29, 1.82) is 0 Å². The van der Waals surface area contributed by atoms with E-state index in [1.54, 1.807) is 7.05 Å². The number of hydrogen-bond acceptors (Lipinski definition) is 4. The second-order valence-electron chi connectivity index (χ2n) is 5.16. The Kier molecular flexibility index (Phi) is 7.15. The summed E-state index contributed by atoms with van der Waals surface area (Å²) >= 11 is 0. The fourth-order valence-corrected chi connectivity index (χ4v) is 1.85. The van der Waals surface area contributed by atoms with Gasteiger partial charge < -0.3 is 10.6 Å². The van der Waals surface area contributed by atoms with Gasteiger partial charge in [-0.05, 0) is 12.3 Å². The maximum atomic E-state index is 13.4. The summed E-state index contributed by atoms with van der Waals surface area (Å²) in [6.45, 7) is 5.25. The summed E-state index contributed by atoms with van der Waals surface area (Å²) in [6, 6.07) is 0. The molecule has 5 heteroatoms. The van der Waals surface area contributed by atoms with Crippen molar-refractivity contribution in [2.45, 2.75) is 46.0 Å². The molecule has 0 fully saturated rings. The normalized spacial score (nSPS) is 10.8. The molecule has 0 saturated carbocycles. The maximum Gasteiger partial charge on any atom is 0.224 e. The quantitative estimate of drug-likeness (QED) is 0.671. The summed E-state index contributed by atoms with van der Waals surface area (Å²) in [6.07, 6.45) is 7.21. The third-order valence-corrected chi connectivity index (χ3v) is 2.97. The molecular weight excluding hydrogens is 243 g/mol. The first-order valence-electron chi connectivity index (χ1n) is 7.07. The molecule has 0 radical (unpaired) electrons. The minimum Gasteiger partial charge on any atom is -0.367 e. The van der Waals surface area contributed by atoms with E-state index in [4.69, 9.17) is 0 Å². The van der Waals surface area contributed by atoms with E-state index in [1.807, 2.05) is 0 Å². The molecule has 0 spiro atoms. The fourth-order valence-electron chi connectivity index (χ4n) is 1.85. The molecule has 0 unspecified atom stereocenters. The molecule has 1 heterocycles. The highest BCUT2D eigenvalue weighted by atomic mass is 19.1. The number of nitrogens with zero attached hydrogens (tertiary/aromatic N) is 2. The Morgan fingerprint density at radius 2 is 1.95 bits per heavy atom. The summed E-state index contributed by atoms with van der Waals surface area (Å²) in [7, 11) is 1.71. The number of anilines is 2. The van der Waals surface area contributed by atoms with Crippen LogP contribution in [0, 0.1) is 11.7 Å². The minimum atomic E-state index is -0.404. The number of halogens is 1. The molecule has 0 saturated heterocycles. The van der Waals surface area contributed by atoms with Crippen molar-refractivity contribution in [3.63, 3.8) is 0 Å². The molecule has 0 aliphatic carbocycles. The Labute approximate surface area is 115 Å². The highest BCUT2D eigenvalue weighted by Gasteiger charge is 2.05. The molecule has 0 aliphatic rings. The van der Waals surface area contributed by atoms with Crippen molar-refractivity contribution in [1.82, 2.24) is 9.97 Å². The van der Waals surface area contributed by atoms with Gasteiger partial charge in [-0.25, -0.2) is 9.37 Å². The van der Waals surface area contributed by atoms with Crippen LogP contribution < -0.4 is 10.6 Å². The third kappa shape index (κ3) is 6.36. The lowest BCUT2D eigenvalue weighted by Crippen LogP contribution is -2.08. The van der Waals surface area contributed by atoms with Crippen molar-refractivity contribution in [2.24, 2.45) is 5.92 Å². The van der Waals surface area contributed by atoms with E-state index in [2.05, 4.69) is 34.4 Å². The molecule has 4 nitrogen and oxygen atoms in total. The highest BCUT2D eigenvalue weighted by Crippen LogP contribution is 2.13. The van der Waals surface area contributed by atoms with Crippen LogP contribution >= 0.6 is 0 Å². The van der Waals surface area contributed by atoms with E-state index < -0.39 is 5.82 Å². The standard InChI is InChI=1S/C14H25FN4/c1-11(2)8-6-4-5-7-9-17-13-12(15)10-18-14(16-3)19-13/h10-11H,4-9H2,1-3H3,(H2,16,17,18,19). The number of hydrogen-bond donors (Lipinski definition) is 2. The summed E-state index contributed by atoms with van der Waals surface area (Å²) in [5, 5.41) is 5.82. The smallest absolute Gasteiger partial charge is 0.224 e. The fraction of sp³-hybridized carbons (Fsp3) is 0.714. The van der Waals surface area contributed by atoms with Gasteiger partial charge in [0.05, 0.1) is 6.20 Å². The molecule has 0 bridgehead atoms. The van der Waals surface area contributed by atoms with Gasteiger partial charge in [0, 0.05) is 13.6 Å². The monoisotopic (exact) mass is 268 g/mol. The zero-order chi connectivity index (χ0) is 14.1. The van der Waals surface area contributed by atoms with Gasteiger partial charge in [-0.15, -0.1) is 0 Å². The van der Waals surface area contributed by atoms with Gasteiger partial charge >= 0.3 is 0 Å². The van der Waals surface area contributed by atoms with E-state index in [0.29, 0.717) is 5.95 Å². The van der Waals surface area contributed by atoms with Crippen LogP contribution in [-0.4, -0.2) is 23.6 Å². The summed E-state index contributed by atoms with van der Waals surface area (Å²) in [5.41, 5.74) is 0. The SMILES string of the molecule is CNc1ncc(F)c(NCCCCCCC(C)C)n1. The average molecular weight is 268 g/mol. The Hall–Kier alpha value is -1.39. The number of unbranched alkanes of at least 4 members (excludes halogenated alkanes) is 3. The Morgan fingerprint density at radius 3 is 2.63 bits per heavy atom. The molecule has 1 rings (SSSR count). The molecule has 2 N–H and O–H groups in total. The van der Waals surface area contributed by atoms with Gasteiger partial charge in [0.1, 0.15) is 0 Å². The molecule has 0 atom stereocenters. The Morgan fingerprint density at radius 1 is 1.21 bits per heavy atom. The maximum absolute atomic E-state index is 13.4. The average Bonchev–Trinajstić information content (AvgIpc) is 2.39. The number of aromatic nitrogens is 2. The summed E-state index contributed by atoms with van der Waals surface area (Å²) < 4.78 is 13.4. The van der Waals surface area contributed by atoms with Crippen LogP contribution in [0.4, 0.5) is 16.2 Å². The van der Waals surface area contributed by atoms with Gasteiger partial charge in [-0.2, -0.15) is 4.98 Å². The van der Waals surface area contributed by atoms with Crippen LogP contribution in [0.2, 0.25) is 0 Å². The topological polar surface area (TPSA) is 49.8 Å². The molecule has 0 aromatic carbocycles. The van der Waals surface area contributed by atoms with Gasteiger partial charge in [0.25, 0.3) is 0 Å². The van der Waals surface area contributed by atoms with Gasteiger partial charge in [0.15, 0.2) is 11.6 Å². The van der Waals surface area contributed by atoms with Crippen LogP contribution in [-0.2, 0) is 0 Å². The third-order valence-electron chi connectivity index (χ3n) is 2.97. The highest BCUT2D eigenvalue weighted by molar-refractivity contribution is 5.40. The van der Waals surface area contributed by atoms with Crippen LogP contribution in [0.1, 0.15) is 46.0 Å². The number of nitrogens with one attached hydrogen (secondary N) is 2. The molecule has 108 valence electrons. The van der Waals surface area contributed by atoms with E-state index in [9.17, 15) is 4.39 Å². The second-order valence-corrected chi connectivity index (χ2v) is 5.16. The zero-order valence-corrected chi connectivity index (χ0v) is 12.2. The second kappa shape index (κ2) is 8.67. The van der Waals surface area contributed by atoms with E-state index in [1.165, 1.54) is 31.9 Å². The van der Waals surface area contributed by atoms with Gasteiger partial charge in [-0.1, -0.05) is 39.5 Å². The van der Waals surface area contributed by atoms with Crippen LogP contribution in [0.15, 0.2) is 6.20 Å². The molecule has 1 aromatic rings. The molecule has 0 aliphatic heterocycles. The minimum absolute atomic E-state index is 0.279. The van der Waals surface area contributed by atoms with Gasteiger partial charge in [0.2, 0.25) is 5.95 Å². The molecule has 19 heavy (non-hydrogen) atoms. The van der Waals surface area contributed by atoms with E-state index in [0.717, 1.165) is 18.9 Å². The largest absolute Gasteiger partial charge is 0.367 e. The van der Waals surface area contributed by atoms with Crippen molar-refractivity contribution in [3.8, 4) is 0 Å². The molecule has 1 aromatic heterocycles. The van der Waals surface area contributed by atoms with Crippen LogP contribution in [0.3, 0.4) is 0 Å². The van der Waals surface area contributed by atoms with Crippen LogP contribution in [0.5, 0.6) is 0 Å². The summed E-state index contributed by atoms with van der Waals surface area (Å²) in [4.78, 5) is 7.85. The lowest BCUT2D eigenvalue weighted by Gasteiger charge is -2.08. The predicted octanol–water partition coefficient (Wildman–Crippen LogP) is 3.68. The zero-order valence-electron chi connectivity index (χ0n) is 12.2. The van der Waals surface area contributed by atoms with Gasteiger partial charge in [-0.3, -0.25) is 0 Å². The van der Waals surface area contributed by atoms with Crippen molar-refractivity contribution >= 4 is 11.8 Å². The van der Waals surface area contributed by atoms with Crippen LogP contribution in [0.25, 0.3) is 0 Å². The first kappa shape index (κ1) is 15.7. The lowest BCUT2D eigenvalue weighted by atomic mass is 10.0. The first-order chi connectivity index (χ1) is 9.13. The first-order valence-corrected chi connectivity index (χ1v) is 7.07.